The van der Waals surface area contributed by atoms with Crippen molar-refractivity contribution in [1.82, 2.24) is 0 Å². The molecule has 1 aromatic rings. The second kappa shape index (κ2) is 7.85. The number of rotatable bonds is 4. The molecule has 0 atom stereocenters. The third kappa shape index (κ3) is 4.87. The molecule has 0 spiro atoms. The first-order valence-electron chi connectivity index (χ1n) is 7.49. The fraction of sp³-hybridized carbons (Fsp3) is 0.412. The highest BCUT2D eigenvalue weighted by atomic mass is 19.2. The van der Waals surface area contributed by atoms with Crippen LogP contribution in [0.15, 0.2) is 30.4 Å². The Bertz CT molecular complexity index is 605. The van der Waals surface area contributed by atoms with Crippen molar-refractivity contribution >= 4 is 11.9 Å². The Labute approximate surface area is 133 Å². The van der Waals surface area contributed by atoms with E-state index in [1.807, 2.05) is 0 Å². The summed E-state index contributed by atoms with van der Waals surface area (Å²) in [5.74, 6) is -3.27. The van der Waals surface area contributed by atoms with Crippen molar-refractivity contribution in [2.45, 2.75) is 38.7 Å². The van der Waals surface area contributed by atoms with Crippen molar-refractivity contribution in [1.29, 1.82) is 0 Å². The molecule has 1 fully saturated rings. The van der Waals surface area contributed by atoms with Crippen LogP contribution in [-0.4, -0.2) is 18.0 Å². The van der Waals surface area contributed by atoms with Gasteiger partial charge in [0.15, 0.2) is 11.6 Å². The minimum atomic E-state index is -1.06. The second-order valence-electron chi connectivity index (χ2n) is 5.41. The van der Waals surface area contributed by atoms with E-state index in [0.29, 0.717) is 25.7 Å². The maximum absolute atomic E-state index is 13.1. The van der Waals surface area contributed by atoms with Crippen LogP contribution in [0.3, 0.4) is 0 Å². The van der Waals surface area contributed by atoms with Gasteiger partial charge in [0.25, 0.3) is 0 Å². The van der Waals surface area contributed by atoms with E-state index in [1.165, 1.54) is 12.1 Å². The molecule has 23 heavy (non-hydrogen) atoms. The lowest BCUT2D eigenvalue weighted by Gasteiger charge is -2.26. The molecule has 4 nitrogen and oxygen atoms in total. The van der Waals surface area contributed by atoms with Crippen molar-refractivity contribution in [3.8, 4) is 5.75 Å². The van der Waals surface area contributed by atoms with Gasteiger partial charge in [0.2, 0.25) is 0 Å². The van der Waals surface area contributed by atoms with Crippen LogP contribution in [0.5, 0.6) is 5.75 Å². The first-order chi connectivity index (χ1) is 11.0. The summed E-state index contributed by atoms with van der Waals surface area (Å²) in [6.07, 6.45) is 4.94. The lowest BCUT2D eigenvalue weighted by Crippen LogP contribution is -2.29. The van der Waals surface area contributed by atoms with Crippen LogP contribution in [0.4, 0.5) is 8.78 Å². The number of hydrogen-bond acceptors (Lipinski definition) is 4. The molecule has 1 aromatic carbocycles. The first-order valence-corrected chi connectivity index (χ1v) is 7.49. The smallest absolute Gasteiger partial charge is 0.330 e. The van der Waals surface area contributed by atoms with Crippen LogP contribution in [0.25, 0.3) is 0 Å². The van der Waals surface area contributed by atoms with E-state index in [1.54, 1.807) is 13.0 Å². The van der Waals surface area contributed by atoms with E-state index in [-0.39, 0.29) is 23.7 Å². The maximum Gasteiger partial charge on any atom is 0.330 e. The zero-order valence-corrected chi connectivity index (χ0v) is 12.8. The van der Waals surface area contributed by atoms with Crippen molar-refractivity contribution in [3.05, 3.63) is 42.0 Å². The quantitative estimate of drug-likeness (QED) is 0.483. The highest BCUT2D eigenvalue weighted by Gasteiger charge is 2.29. The zero-order valence-electron chi connectivity index (χ0n) is 12.8. The maximum atomic E-state index is 13.1. The molecule has 1 aliphatic carbocycles. The number of allylic oxidation sites excluding steroid dienone is 1. The van der Waals surface area contributed by atoms with Crippen LogP contribution in [-0.2, 0) is 14.3 Å². The summed E-state index contributed by atoms with van der Waals surface area (Å²) in [5, 5.41) is 0. The number of halogens is 2. The van der Waals surface area contributed by atoms with Crippen molar-refractivity contribution in [2.24, 2.45) is 5.92 Å². The third-order valence-electron chi connectivity index (χ3n) is 3.70. The fourth-order valence-electron chi connectivity index (χ4n) is 2.50. The van der Waals surface area contributed by atoms with Gasteiger partial charge in [-0.15, -0.1) is 0 Å². The van der Waals surface area contributed by atoms with E-state index in [2.05, 4.69) is 0 Å². The molecular weight excluding hydrogens is 306 g/mol. The average molecular weight is 324 g/mol. The summed E-state index contributed by atoms with van der Waals surface area (Å²) in [5.41, 5.74) is 0. The molecule has 0 N–H and O–H groups in total. The van der Waals surface area contributed by atoms with Crippen LogP contribution in [0, 0.1) is 17.6 Å². The minimum Gasteiger partial charge on any atom is -0.459 e. The van der Waals surface area contributed by atoms with E-state index in [9.17, 15) is 18.4 Å². The molecule has 1 aliphatic rings. The van der Waals surface area contributed by atoms with Gasteiger partial charge in [0, 0.05) is 12.1 Å². The van der Waals surface area contributed by atoms with Crippen LogP contribution < -0.4 is 4.74 Å². The fourth-order valence-corrected chi connectivity index (χ4v) is 2.50. The summed E-state index contributed by atoms with van der Waals surface area (Å²) in [4.78, 5) is 23.4. The summed E-state index contributed by atoms with van der Waals surface area (Å²) < 4.78 is 36.2. The zero-order chi connectivity index (χ0) is 16.8. The number of carbonyl (C=O) groups excluding carboxylic acids is 2. The second-order valence-corrected chi connectivity index (χ2v) is 5.41. The highest BCUT2D eigenvalue weighted by molar-refractivity contribution is 5.82. The molecule has 124 valence electrons. The predicted octanol–water partition coefficient (Wildman–Crippen LogP) is 3.55. The molecule has 2 rings (SSSR count). The summed E-state index contributed by atoms with van der Waals surface area (Å²) in [6.45, 7) is 1.73. The monoisotopic (exact) mass is 324 g/mol. The Morgan fingerprint density at radius 3 is 2.43 bits per heavy atom. The van der Waals surface area contributed by atoms with E-state index in [4.69, 9.17) is 9.47 Å². The number of carbonyl (C=O) groups is 2. The van der Waals surface area contributed by atoms with Gasteiger partial charge in [-0.25, -0.2) is 13.6 Å². The average Bonchev–Trinajstić information content (AvgIpc) is 2.52. The Balaban J connectivity index is 1.83. The number of benzene rings is 1. The number of esters is 2. The summed E-state index contributed by atoms with van der Waals surface area (Å²) in [7, 11) is 0. The van der Waals surface area contributed by atoms with Crippen LogP contribution >= 0.6 is 0 Å². The molecule has 0 aliphatic heterocycles. The van der Waals surface area contributed by atoms with Crippen LogP contribution in [0.2, 0.25) is 0 Å². The molecule has 0 aromatic heterocycles. The van der Waals surface area contributed by atoms with Gasteiger partial charge >= 0.3 is 11.9 Å². The first kappa shape index (κ1) is 17.1. The normalized spacial score (nSPS) is 21.2. The van der Waals surface area contributed by atoms with Crippen molar-refractivity contribution in [2.75, 3.05) is 0 Å². The van der Waals surface area contributed by atoms with E-state index in [0.717, 1.165) is 12.1 Å². The minimum absolute atomic E-state index is 0.0180. The van der Waals surface area contributed by atoms with Gasteiger partial charge < -0.3 is 9.47 Å². The Morgan fingerprint density at radius 1 is 1.13 bits per heavy atom. The molecule has 1 saturated carbocycles. The van der Waals surface area contributed by atoms with Gasteiger partial charge in [-0.1, -0.05) is 6.08 Å². The lowest BCUT2D eigenvalue weighted by molar-refractivity contribution is -0.147. The van der Waals surface area contributed by atoms with Gasteiger partial charge in [0.05, 0.1) is 5.92 Å². The molecule has 0 amide bonds. The number of ether oxygens (including phenoxy) is 2. The van der Waals surface area contributed by atoms with Gasteiger partial charge in [0.1, 0.15) is 11.9 Å². The Hall–Kier alpha value is -2.24. The Kier molecular flexibility index (Phi) is 5.84. The summed E-state index contributed by atoms with van der Waals surface area (Å²) in [6, 6.07) is 2.97. The van der Waals surface area contributed by atoms with Crippen LogP contribution in [0.1, 0.15) is 32.6 Å². The third-order valence-corrected chi connectivity index (χ3v) is 3.70. The van der Waals surface area contributed by atoms with Crippen molar-refractivity contribution < 1.29 is 27.8 Å². The summed E-state index contributed by atoms with van der Waals surface area (Å²) >= 11 is 0. The van der Waals surface area contributed by atoms with Gasteiger partial charge in [-0.2, -0.15) is 0 Å². The largest absolute Gasteiger partial charge is 0.459 e. The highest BCUT2D eigenvalue weighted by Crippen LogP contribution is 2.28. The molecule has 0 unspecified atom stereocenters. The topological polar surface area (TPSA) is 52.6 Å². The lowest BCUT2D eigenvalue weighted by atomic mass is 9.87. The molecule has 6 heteroatoms. The Morgan fingerprint density at radius 2 is 1.83 bits per heavy atom. The molecule has 0 saturated heterocycles. The van der Waals surface area contributed by atoms with E-state index < -0.39 is 17.6 Å². The van der Waals surface area contributed by atoms with Gasteiger partial charge in [-0.05, 0) is 44.7 Å². The van der Waals surface area contributed by atoms with Crippen molar-refractivity contribution in [3.63, 3.8) is 0 Å². The number of hydrogen-bond donors (Lipinski definition) is 0. The van der Waals surface area contributed by atoms with Gasteiger partial charge in [-0.3, -0.25) is 4.79 Å². The predicted molar refractivity (Wildman–Crippen MR) is 78.6 cm³/mol. The standard InChI is InChI=1S/C17H18F2O4/c1-2-3-16(20)22-12-6-4-11(5-7-12)17(21)23-13-8-9-14(18)15(19)10-13/h2-3,8-12H,4-7H2,1H3/b3-2+/t11-,12-. The van der Waals surface area contributed by atoms with E-state index >= 15 is 0 Å². The SMILES string of the molecule is C/C=C/C(=O)O[C@H]1CC[C@H](C(=O)Oc2ccc(F)c(F)c2)CC1. The molecule has 0 radical (unpaired) electrons. The molecule has 0 bridgehead atoms. The molecular formula is C17H18F2O4. The molecule has 0 heterocycles.